The molecule has 0 aliphatic heterocycles. The molecule has 1 N–H and O–H groups in total. The smallest absolute Gasteiger partial charge is 0.0951 e. The largest absolute Gasteiger partial charge is 0.396 e. The van der Waals surface area contributed by atoms with E-state index in [0.29, 0.717) is 10.0 Å². The summed E-state index contributed by atoms with van der Waals surface area (Å²) in [6.07, 6.45) is 6.96. The molecule has 5 heteroatoms. The lowest BCUT2D eigenvalue weighted by molar-refractivity contribution is 0.276. The number of halogens is 2. The lowest BCUT2D eigenvalue weighted by atomic mass is 10.0. The maximum absolute atomic E-state index is 8.99. The Morgan fingerprint density at radius 2 is 2.11 bits per heavy atom. The molecule has 0 bridgehead atoms. The van der Waals surface area contributed by atoms with Gasteiger partial charge in [0.25, 0.3) is 0 Å². The summed E-state index contributed by atoms with van der Waals surface area (Å²) in [7, 11) is 0. The molecule has 18 heavy (non-hydrogen) atoms. The van der Waals surface area contributed by atoms with Crippen molar-refractivity contribution in [2.75, 3.05) is 6.61 Å². The highest BCUT2D eigenvalue weighted by Crippen LogP contribution is 2.29. The Balaban J connectivity index is 2.30. The van der Waals surface area contributed by atoms with Gasteiger partial charge in [0.2, 0.25) is 0 Å². The second kappa shape index (κ2) is 6.23. The SMILES string of the molecule is OCCCC(c1ccc(Cl)c(Cl)c1)n1ccnc1. The molecule has 1 unspecified atom stereocenters. The number of imidazole rings is 1. The first-order valence-electron chi connectivity index (χ1n) is 5.75. The zero-order valence-electron chi connectivity index (χ0n) is 9.76. The first-order valence-corrected chi connectivity index (χ1v) is 6.51. The second-order valence-electron chi connectivity index (χ2n) is 4.07. The number of aliphatic hydroxyl groups is 1. The predicted molar refractivity (Wildman–Crippen MR) is 73.1 cm³/mol. The van der Waals surface area contributed by atoms with Crippen LogP contribution in [0.2, 0.25) is 10.0 Å². The molecule has 0 fully saturated rings. The van der Waals surface area contributed by atoms with Crippen molar-refractivity contribution in [1.82, 2.24) is 9.55 Å². The number of nitrogens with zero attached hydrogens (tertiary/aromatic N) is 2. The fraction of sp³-hybridized carbons (Fsp3) is 0.308. The van der Waals surface area contributed by atoms with E-state index < -0.39 is 0 Å². The summed E-state index contributed by atoms with van der Waals surface area (Å²) in [5.74, 6) is 0. The lowest BCUT2D eigenvalue weighted by Crippen LogP contribution is -2.09. The van der Waals surface area contributed by atoms with Gasteiger partial charge in [-0.2, -0.15) is 0 Å². The normalized spacial score (nSPS) is 12.6. The Hall–Kier alpha value is -1.03. The summed E-state index contributed by atoms with van der Waals surface area (Å²) in [6.45, 7) is 0.173. The van der Waals surface area contributed by atoms with E-state index >= 15 is 0 Å². The third kappa shape index (κ3) is 3.05. The summed E-state index contributed by atoms with van der Waals surface area (Å²) in [5.41, 5.74) is 1.07. The molecule has 1 aromatic carbocycles. The van der Waals surface area contributed by atoms with Crippen LogP contribution in [0.25, 0.3) is 0 Å². The number of rotatable bonds is 5. The van der Waals surface area contributed by atoms with Crippen molar-refractivity contribution in [2.45, 2.75) is 18.9 Å². The Morgan fingerprint density at radius 3 is 2.72 bits per heavy atom. The van der Waals surface area contributed by atoms with E-state index in [4.69, 9.17) is 28.3 Å². The number of aliphatic hydroxyl groups excluding tert-OH is 1. The van der Waals surface area contributed by atoms with E-state index in [1.165, 1.54) is 0 Å². The van der Waals surface area contributed by atoms with Crippen molar-refractivity contribution in [1.29, 1.82) is 0 Å². The number of hydrogen-bond donors (Lipinski definition) is 1. The average molecular weight is 285 g/mol. The molecule has 1 aromatic heterocycles. The fourth-order valence-electron chi connectivity index (χ4n) is 1.95. The van der Waals surface area contributed by atoms with Crippen molar-refractivity contribution in [2.24, 2.45) is 0 Å². The lowest BCUT2D eigenvalue weighted by Gasteiger charge is -2.19. The van der Waals surface area contributed by atoms with Crippen LogP contribution in [0.5, 0.6) is 0 Å². The maximum atomic E-state index is 8.99. The minimum Gasteiger partial charge on any atom is -0.396 e. The number of aromatic nitrogens is 2. The van der Waals surface area contributed by atoms with E-state index in [2.05, 4.69) is 4.98 Å². The van der Waals surface area contributed by atoms with E-state index in [0.717, 1.165) is 18.4 Å². The molecule has 1 heterocycles. The van der Waals surface area contributed by atoms with E-state index in [9.17, 15) is 0 Å². The van der Waals surface area contributed by atoms with E-state index in [1.54, 1.807) is 18.6 Å². The van der Waals surface area contributed by atoms with E-state index in [1.807, 2.05) is 22.9 Å². The molecule has 0 amide bonds. The van der Waals surface area contributed by atoms with Crippen LogP contribution in [0.4, 0.5) is 0 Å². The quantitative estimate of drug-likeness (QED) is 0.912. The van der Waals surface area contributed by atoms with Gasteiger partial charge >= 0.3 is 0 Å². The standard InChI is InChI=1S/C13H14Cl2N2O/c14-11-4-3-10(8-12(11)15)13(2-1-7-18)17-6-5-16-9-17/h3-6,8-9,13,18H,1-2,7H2. The third-order valence-corrected chi connectivity index (χ3v) is 3.59. The zero-order valence-corrected chi connectivity index (χ0v) is 11.3. The van der Waals surface area contributed by atoms with Crippen LogP contribution in [0, 0.1) is 0 Å². The van der Waals surface area contributed by atoms with Gasteiger partial charge in [0.1, 0.15) is 0 Å². The summed E-state index contributed by atoms with van der Waals surface area (Å²) >= 11 is 12.0. The highest BCUT2D eigenvalue weighted by molar-refractivity contribution is 6.42. The highest BCUT2D eigenvalue weighted by atomic mass is 35.5. The van der Waals surface area contributed by atoms with Gasteiger partial charge in [-0.3, -0.25) is 0 Å². The summed E-state index contributed by atoms with van der Waals surface area (Å²) < 4.78 is 2.01. The van der Waals surface area contributed by atoms with Crippen LogP contribution in [0.15, 0.2) is 36.9 Å². The van der Waals surface area contributed by atoms with Gasteiger partial charge in [-0.15, -0.1) is 0 Å². The molecule has 0 spiro atoms. The van der Waals surface area contributed by atoms with Crippen LogP contribution in [-0.2, 0) is 0 Å². The van der Waals surface area contributed by atoms with E-state index in [-0.39, 0.29) is 12.6 Å². The van der Waals surface area contributed by atoms with Gasteiger partial charge in [0, 0.05) is 19.0 Å². The molecule has 0 saturated carbocycles. The first kappa shape index (κ1) is 13.4. The molecular weight excluding hydrogens is 271 g/mol. The molecule has 2 rings (SSSR count). The van der Waals surface area contributed by atoms with Crippen LogP contribution >= 0.6 is 23.2 Å². The van der Waals surface area contributed by atoms with Crippen LogP contribution in [0.3, 0.4) is 0 Å². The third-order valence-electron chi connectivity index (χ3n) is 2.85. The molecule has 1 atom stereocenters. The van der Waals surface area contributed by atoms with Crippen molar-refractivity contribution in [3.8, 4) is 0 Å². The van der Waals surface area contributed by atoms with Crippen molar-refractivity contribution in [3.63, 3.8) is 0 Å². The van der Waals surface area contributed by atoms with Gasteiger partial charge < -0.3 is 9.67 Å². The number of hydrogen-bond acceptors (Lipinski definition) is 2. The molecule has 0 saturated heterocycles. The molecule has 0 aliphatic carbocycles. The van der Waals surface area contributed by atoms with Crippen molar-refractivity contribution in [3.05, 3.63) is 52.5 Å². The highest BCUT2D eigenvalue weighted by Gasteiger charge is 2.14. The van der Waals surface area contributed by atoms with Gasteiger partial charge in [0.05, 0.1) is 22.4 Å². The van der Waals surface area contributed by atoms with Crippen LogP contribution in [-0.4, -0.2) is 21.3 Å². The first-order chi connectivity index (χ1) is 8.72. The Morgan fingerprint density at radius 1 is 1.28 bits per heavy atom. The fourth-order valence-corrected chi connectivity index (χ4v) is 2.25. The van der Waals surface area contributed by atoms with Gasteiger partial charge in [-0.05, 0) is 30.5 Å². The number of benzene rings is 1. The maximum Gasteiger partial charge on any atom is 0.0951 e. The van der Waals surface area contributed by atoms with Crippen LogP contribution < -0.4 is 0 Å². The van der Waals surface area contributed by atoms with Gasteiger partial charge in [-0.25, -0.2) is 4.98 Å². The molecule has 0 aliphatic rings. The minimum absolute atomic E-state index is 0.120. The Bertz CT molecular complexity index is 500. The zero-order chi connectivity index (χ0) is 13.0. The minimum atomic E-state index is 0.120. The van der Waals surface area contributed by atoms with Crippen molar-refractivity contribution < 1.29 is 5.11 Å². The summed E-state index contributed by atoms with van der Waals surface area (Å²) in [4.78, 5) is 4.06. The van der Waals surface area contributed by atoms with Crippen LogP contribution in [0.1, 0.15) is 24.4 Å². The molecular formula is C13H14Cl2N2O. The monoisotopic (exact) mass is 284 g/mol. The topological polar surface area (TPSA) is 38.0 Å². The molecule has 0 radical (unpaired) electrons. The molecule has 96 valence electrons. The molecule has 3 nitrogen and oxygen atoms in total. The predicted octanol–water partition coefficient (Wildman–Crippen LogP) is 3.55. The van der Waals surface area contributed by atoms with Gasteiger partial charge in [-0.1, -0.05) is 29.3 Å². The summed E-state index contributed by atoms with van der Waals surface area (Å²) in [6, 6.07) is 5.74. The van der Waals surface area contributed by atoms with Crippen molar-refractivity contribution >= 4 is 23.2 Å². The molecule has 2 aromatic rings. The summed E-state index contributed by atoms with van der Waals surface area (Å²) in [5, 5.41) is 10.1. The second-order valence-corrected chi connectivity index (χ2v) is 4.88. The average Bonchev–Trinajstić information content (AvgIpc) is 2.88. The van der Waals surface area contributed by atoms with Gasteiger partial charge in [0.15, 0.2) is 0 Å². The Kier molecular flexibility index (Phi) is 4.64. The Labute approximate surface area is 116 Å².